The minimum absolute atomic E-state index is 0.668. The van der Waals surface area contributed by atoms with E-state index in [0.717, 1.165) is 25.9 Å². The van der Waals surface area contributed by atoms with Gasteiger partial charge < -0.3 is 5.32 Å². The first-order valence-electron chi connectivity index (χ1n) is 5.91. The molecule has 0 bridgehead atoms. The molecule has 1 heterocycles. The van der Waals surface area contributed by atoms with Crippen molar-refractivity contribution in [3.05, 3.63) is 17.5 Å². The SMILES string of the molecule is CCc1cc(CC(C)CNC)n(CC)n1. The van der Waals surface area contributed by atoms with Gasteiger partial charge in [-0.05, 0) is 45.3 Å². The van der Waals surface area contributed by atoms with Crippen molar-refractivity contribution in [1.29, 1.82) is 0 Å². The second kappa shape index (κ2) is 5.91. The molecule has 3 nitrogen and oxygen atoms in total. The molecule has 0 aliphatic heterocycles. The van der Waals surface area contributed by atoms with Gasteiger partial charge in [0.25, 0.3) is 0 Å². The van der Waals surface area contributed by atoms with E-state index >= 15 is 0 Å². The number of aryl methyl sites for hydroxylation is 2. The first-order valence-corrected chi connectivity index (χ1v) is 5.91. The molecule has 0 radical (unpaired) electrons. The Labute approximate surface area is 92.9 Å². The van der Waals surface area contributed by atoms with Crippen molar-refractivity contribution in [1.82, 2.24) is 15.1 Å². The van der Waals surface area contributed by atoms with E-state index in [1.165, 1.54) is 11.4 Å². The summed E-state index contributed by atoms with van der Waals surface area (Å²) in [4.78, 5) is 0. The summed E-state index contributed by atoms with van der Waals surface area (Å²) in [6.07, 6.45) is 2.14. The highest BCUT2D eigenvalue weighted by Gasteiger charge is 2.09. The summed E-state index contributed by atoms with van der Waals surface area (Å²) >= 11 is 0. The average Bonchev–Trinajstić information content (AvgIpc) is 2.60. The predicted molar refractivity (Wildman–Crippen MR) is 64.1 cm³/mol. The fraction of sp³-hybridized carbons (Fsp3) is 0.750. The number of aromatic nitrogens is 2. The number of nitrogens with zero attached hydrogens (tertiary/aromatic N) is 2. The molecule has 1 N–H and O–H groups in total. The van der Waals surface area contributed by atoms with Gasteiger partial charge in [0.05, 0.1) is 5.69 Å². The highest BCUT2D eigenvalue weighted by molar-refractivity contribution is 5.11. The van der Waals surface area contributed by atoms with Crippen LogP contribution in [0.2, 0.25) is 0 Å². The molecular formula is C12H23N3. The number of hydrogen-bond acceptors (Lipinski definition) is 2. The maximum Gasteiger partial charge on any atom is 0.0624 e. The lowest BCUT2D eigenvalue weighted by atomic mass is 10.1. The first kappa shape index (κ1) is 12.2. The van der Waals surface area contributed by atoms with Gasteiger partial charge in [0, 0.05) is 12.2 Å². The van der Waals surface area contributed by atoms with E-state index in [2.05, 4.69) is 41.9 Å². The molecule has 0 spiro atoms. The van der Waals surface area contributed by atoms with Crippen LogP contribution in [0.4, 0.5) is 0 Å². The molecule has 0 aliphatic carbocycles. The summed E-state index contributed by atoms with van der Waals surface area (Å²) in [6, 6.07) is 2.25. The van der Waals surface area contributed by atoms with Crippen molar-refractivity contribution in [2.24, 2.45) is 5.92 Å². The second-order valence-corrected chi connectivity index (χ2v) is 4.16. The molecule has 1 unspecified atom stereocenters. The third-order valence-corrected chi connectivity index (χ3v) is 2.69. The number of nitrogens with one attached hydrogen (secondary N) is 1. The van der Waals surface area contributed by atoms with E-state index in [4.69, 9.17) is 0 Å². The largest absolute Gasteiger partial charge is 0.319 e. The van der Waals surface area contributed by atoms with Gasteiger partial charge in [-0.3, -0.25) is 4.68 Å². The third-order valence-electron chi connectivity index (χ3n) is 2.69. The minimum Gasteiger partial charge on any atom is -0.319 e. The summed E-state index contributed by atoms with van der Waals surface area (Å²) in [7, 11) is 2.01. The number of rotatable bonds is 6. The van der Waals surface area contributed by atoms with Crippen molar-refractivity contribution in [3.8, 4) is 0 Å². The lowest BCUT2D eigenvalue weighted by molar-refractivity contribution is 0.507. The molecule has 1 atom stereocenters. The zero-order valence-electron chi connectivity index (χ0n) is 10.4. The minimum atomic E-state index is 0.668. The van der Waals surface area contributed by atoms with Crippen LogP contribution < -0.4 is 5.32 Å². The van der Waals surface area contributed by atoms with Crippen LogP contribution in [-0.4, -0.2) is 23.4 Å². The molecule has 0 saturated heterocycles. The summed E-state index contributed by atoms with van der Waals surface area (Å²) in [6.45, 7) is 8.62. The molecule has 15 heavy (non-hydrogen) atoms. The molecule has 0 amide bonds. The van der Waals surface area contributed by atoms with Crippen LogP contribution in [0.5, 0.6) is 0 Å². The Morgan fingerprint density at radius 2 is 2.20 bits per heavy atom. The van der Waals surface area contributed by atoms with Gasteiger partial charge in [-0.25, -0.2) is 0 Å². The van der Waals surface area contributed by atoms with Crippen molar-refractivity contribution < 1.29 is 0 Å². The second-order valence-electron chi connectivity index (χ2n) is 4.16. The fourth-order valence-corrected chi connectivity index (χ4v) is 1.90. The quantitative estimate of drug-likeness (QED) is 0.775. The van der Waals surface area contributed by atoms with Crippen LogP contribution >= 0.6 is 0 Å². The summed E-state index contributed by atoms with van der Waals surface area (Å²) in [5, 5.41) is 7.77. The van der Waals surface area contributed by atoms with E-state index in [9.17, 15) is 0 Å². The summed E-state index contributed by atoms with van der Waals surface area (Å²) in [5.74, 6) is 0.668. The Hall–Kier alpha value is -0.830. The van der Waals surface area contributed by atoms with E-state index in [0.29, 0.717) is 5.92 Å². The maximum absolute atomic E-state index is 4.56. The molecule has 1 aromatic heterocycles. The zero-order chi connectivity index (χ0) is 11.3. The molecule has 0 aliphatic rings. The molecule has 0 fully saturated rings. The Bertz CT molecular complexity index is 291. The van der Waals surface area contributed by atoms with E-state index in [1.54, 1.807) is 0 Å². The van der Waals surface area contributed by atoms with Gasteiger partial charge in [-0.1, -0.05) is 13.8 Å². The van der Waals surface area contributed by atoms with Crippen LogP contribution in [0.1, 0.15) is 32.2 Å². The molecule has 3 heteroatoms. The van der Waals surface area contributed by atoms with Crippen LogP contribution in [0, 0.1) is 5.92 Å². The predicted octanol–water partition coefficient (Wildman–Crippen LogP) is 1.86. The molecule has 1 aromatic rings. The molecular weight excluding hydrogens is 186 g/mol. The van der Waals surface area contributed by atoms with E-state index in [1.807, 2.05) is 7.05 Å². The Morgan fingerprint density at radius 1 is 1.47 bits per heavy atom. The highest BCUT2D eigenvalue weighted by atomic mass is 15.3. The Kier molecular flexibility index (Phi) is 4.82. The van der Waals surface area contributed by atoms with Crippen LogP contribution in [-0.2, 0) is 19.4 Å². The zero-order valence-corrected chi connectivity index (χ0v) is 10.4. The van der Waals surface area contributed by atoms with E-state index < -0.39 is 0 Å². The van der Waals surface area contributed by atoms with Crippen molar-refractivity contribution >= 4 is 0 Å². The van der Waals surface area contributed by atoms with Gasteiger partial charge in [0.2, 0.25) is 0 Å². The van der Waals surface area contributed by atoms with Crippen LogP contribution in [0.25, 0.3) is 0 Å². The third kappa shape index (κ3) is 3.34. The monoisotopic (exact) mass is 209 g/mol. The van der Waals surface area contributed by atoms with Gasteiger partial charge in [-0.2, -0.15) is 5.10 Å². The van der Waals surface area contributed by atoms with Gasteiger partial charge in [0.1, 0.15) is 0 Å². The van der Waals surface area contributed by atoms with Crippen LogP contribution in [0.15, 0.2) is 6.07 Å². The molecule has 1 rings (SSSR count). The van der Waals surface area contributed by atoms with Crippen molar-refractivity contribution in [2.45, 2.75) is 40.2 Å². The standard InChI is InChI=1S/C12H23N3/c1-5-11-8-12(15(6-2)14-11)7-10(3)9-13-4/h8,10,13H,5-7,9H2,1-4H3. The Balaban J connectivity index is 2.69. The molecule has 0 saturated carbocycles. The highest BCUT2D eigenvalue weighted by Crippen LogP contribution is 2.11. The lowest BCUT2D eigenvalue weighted by Gasteiger charge is -2.11. The molecule has 0 aromatic carbocycles. The van der Waals surface area contributed by atoms with Crippen molar-refractivity contribution in [2.75, 3.05) is 13.6 Å². The topological polar surface area (TPSA) is 29.9 Å². The molecule has 86 valence electrons. The van der Waals surface area contributed by atoms with Gasteiger partial charge >= 0.3 is 0 Å². The van der Waals surface area contributed by atoms with Gasteiger partial charge in [0.15, 0.2) is 0 Å². The van der Waals surface area contributed by atoms with Crippen LogP contribution in [0.3, 0.4) is 0 Å². The normalized spacial score (nSPS) is 13.1. The summed E-state index contributed by atoms with van der Waals surface area (Å²) in [5.41, 5.74) is 2.58. The smallest absolute Gasteiger partial charge is 0.0624 e. The summed E-state index contributed by atoms with van der Waals surface area (Å²) < 4.78 is 2.13. The Morgan fingerprint density at radius 3 is 2.73 bits per heavy atom. The first-order chi connectivity index (χ1) is 7.21. The van der Waals surface area contributed by atoms with E-state index in [-0.39, 0.29) is 0 Å². The number of hydrogen-bond donors (Lipinski definition) is 1. The van der Waals surface area contributed by atoms with Crippen molar-refractivity contribution in [3.63, 3.8) is 0 Å². The average molecular weight is 209 g/mol. The maximum atomic E-state index is 4.56. The van der Waals surface area contributed by atoms with Gasteiger partial charge in [-0.15, -0.1) is 0 Å². The fourth-order valence-electron chi connectivity index (χ4n) is 1.90. The lowest BCUT2D eigenvalue weighted by Crippen LogP contribution is -2.19.